The zero-order chi connectivity index (χ0) is 18.1. The van der Waals surface area contributed by atoms with Crippen LogP contribution in [0.15, 0.2) is 17.0 Å². The summed E-state index contributed by atoms with van der Waals surface area (Å²) in [4.78, 5) is 2.55. The van der Waals surface area contributed by atoms with Crippen LogP contribution in [0.2, 0.25) is 0 Å². The summed E-state index contributed by atoms with van der Waals surface area (Å²) >= 11 is 0. The predicted octanol–water partition coefficient (Wildman–Crippen LogP) is 1.98. The molecule has 0 aliphatic carbocycles. The van der Waals surface area contributed by atoms with Crippen LogP contribution in [-0.2, 0) is 10.0 Å². The highest BCUT2D eigenvalue weighted by Crippen LogP contribution is 2.23. The second-order valence-corrected chi connectivity index (χ2v) is 9.08. The standard InChI is InChI=1S/C18H30N2O3S/c1-12-6-14(3)18(15(4)7-12)24(22,23)19-9-17(21)11-20-10-13(2)8-16(20)5/h6-7,13,16-17,19,21H,8-11H2,1-5H3/t13?,16?,17-/m0/s1. The number of rotatable bonds is 6. The molecule has 1 aliphatic rings. The zero-order valence-corrected chi connectivity index (χ0v) is 16.2. The highest BCUT2D eigenvalue weighted by molar-refractivity contribution is 7.89. The van der Waals surface area contributed by atoms with Crippen molar-refractivity contribution in [3.8, 4) is 0 Å². The topological polar surface area (TPSA) is 69.6 Å². The third-order valence-electron chi connectivity index (χ3n) is 4.74. The summed E-state index contributed by atoms with van der Waals surface area (Å²) in [7, 11) is -3.62. The van der Waals surface area contributed by atoms with Crippen molar-refractivity contribution < 1.29 is 13.5 Å². The highest BCUT2D eigenvalue weighted by Gasteiger charge is 2.28. The van der Waals surface area contributed by atoms with Gasteiger partial charge in [0.15, 0.2) is 0 Å². The lowest BCUT2D eigenvalue weighted by Crippen LogP contribution is -2.41. The normalized spacial score (nSPS) is 23.6. The van der Waals surface area contributed by atoms with E-state index < -0.39 is 16.1 Å². The van der Waals surface area contributed by atoms with E-state index in [1.165, 1.54) is 0 Å². The SMILES string of the molecule is Cc1cc(C)c(S(=O)(=O)NC[C@H](O)CN2CC(C)CC2C)c(C)c1. The van der Waals surface area contributed by atoms with E-state index in [1.54, 1.807) is 13.8 Å². The molecule has 1 aromatic carbocycles. The van der Waals surface area contributed by atoms with Gasteiger partial charge in [0.2, 0.25) is 10.0 Å². The van der Waals surface area contributed by atoms with Crippen LogP contribution in [0.3, 0.4) is 0 Å². The van der Waals surface area contributed by atoms with E-state index >= 15 is 0 Å². The lowest BCUT2D eigenvalue weighted by Gasteiger charge is -2.24. The van der Waals surface area contributed by atoms with Crippen LogP contribution in [0, 0.1) is 26.7 Å². The molecule has 2 rings (SSSR count). The Labute approximate surface area is 146 Å². The molecule has 6 heteroatoms. The molecular formula is C18H30N2O3S. The van der Waals surface area contributed by atoms with Gasteiger partial charge in [-0.25, -0.2) is 13.1 Å². The molecule has 1 saturated heterocycles. The Kier molecular flexibility index (Phi) is 6.07. The number of aliphatic hydroxyl groups excluding tert-OH is 1. The lowest BCUT2D eigenvalue weighted by molar-refractivity contribution is 0.111. The van der Waals surface area contributed by atoms with E-state index in [0.717, 1.165) is 29.7 Å². The molecule has 2 unspecified atom stereocenters. The maximum absolute atomic E-state index is 12.6. The molecule has 0 radical (unpaired) electrons. The van der Waals surface area contributed by atoms with Gasteiger partial charge in [-0.3, -0.25) is 4.90 Å². The molecule has 2 N–H and O–H groups in total. The Hall–Kier alpha value is -0.950. The quantitative estimate of drug-likeness (QED) is 0.820. The second kappa shape index (κ2) is 7.52. The Morgan fingerprint density at radius 1 is 1.25 bits per heavy atom. The zero-order valence-electron chi connectivity index (χ0n) is 15.3. The van der Waals surface area contributed by atoms with Crippen LogP contribution in [0.4, 0.5) is 0 Å². The third-order valence-corrected chi connectivity index (χ3v) is 6.47. The van der Waals surface area contributed by atoms with Gasteiger partial charge >= 0.3 is 0 Å². The van der Waals surface area contributed by atoms with Gasteiger partial charge in [-0.05, 0) is 51.2 Å². The summed E-state index contributed by atoms with van der Waals surface area (Å²) in [5, 5.41) is 10.2. The fourth-order valence-corrected chi connectivity index (χ4v) is 5.37. The maximum atomic E-state index is 12.6. The van der Waals surface area contributed by atoms with Crippen molar-refractivity contribution in [2.24, 2.45) is 5.92 Å². The van der Waals surface area contributed by atoms with Crippen molar-refractivity contribution in [3.05, 3.63) is 28.8 Å². The number of benzene rings is 1. The van der Waals surface area contributed by atoms with Crippen molar-refractivity contribution in [3.63, 3.8) is 0 Å². The van der Waals surface area contributed by atoms with Crippen molar-refractivity contribution in [2.45, 2.75) is 58.1 Å². The fourth-order valence-electron chi connectivity index (χ4n) is 3.84. The number of β-amino-alcohol motifs (C(OH)–C–C–N with tert-alkyl or cyclic N) is 1. The second-order valence-electron chi connectivity index (χ2n) is 7.38. The van der Waals surface area contributed by atoms with Gasteiger partial charge in [0.1, 0.15) is 0 Å². The van der Waals surface area contributed by atoms with Gasteiger partial charge in [-0.2, -0.15) is 0 Å². The number of aryl methyl sites for hydroxylation is 3. The van der Waals surface area contributed by atoms with E-state index in [9.17, 15) is 13.5 Å². The fraction of sp³-hybridized carbons (Fsp3) is 0.667. The lowest BCUT2D eigenvalue weighted by atomic mass is 10.1. The first-order valence-electron chi connectivity index (χ1n) is 8.59. The third kappa shape index (κ3) is 4.57. The molecule has 0 bridgehead atoms. The van der Waals surface area contributed by atoms with Crippen LogP contribution in [0.25, 0.3) is 0 Å². The first kappa shape index (κ1) is 19.4. The first-order chi connectivity index (χ1) is 11.1. The van der Waals surface area contributed by atoms with Gasteiger partial charge < -0.3 is 5.11 Å². The monoisotopic (exact) mass is 354 g/mol. The Morgan fingerprint density at radius 2 is 1.83 bits per heavy atom. The summed E-state index contributed by atoms with van der Waals surface area (Å²) in [6.07, 6.45) is 0.416. The molecule has 5 nitrogen and oxygen atoms in total. The van der Waals surface area contributed by atoms with E-state index in [2.05, 4.69) is 23.5 Å². The van der Waals surface area contributed by atoms with E-state index in [-0.39, 0.29) is 6.54 Å². The molecule has 1 heterocycles. The van der Waals surface area contributed by atoms with Gasteiger partial charge in [0.25, 0.3) is 0 Å². The van der Waals surface area contributed by atoms with Crippen molar-refractivity contribution in [1.82, 2.24) is 9.62 Å². The van der Waals surface area contributed by atoms with Crippen molar-refractivity contribution in [2.75, 3.05) is 19.6 Å². The maximum Gasteiger partial charge on any atom is 0.241 e. The van der Waals surface area contributed by atoms with Gasteiger partial charge in [-0.15, -0.1) is 0 Å². The average molecular weight is 355 g/mol. The molecule has 0 aromatic heterocycles. The number of nitrogens with one attached hydrogen (secondary N) is 1. The Balaban J connectivity index is 2.00. The summed E-state index contributed by atoms with van der Waals surface area (Å²) in [6, 6.07) is 4.17. The van der Waals surface area contributed by atoms with Gasteiger partial charge in [0, 0.05) is 25.7 Å². The van der Waals surface area contributed by atoms with E-state index in [1.807, 2.05) is 19.1 Å². The molecule has 1 fully saturated rings. The summed E-state index contributed by atoms with van der Waals surface area (Å²) in [5.41, 5.74) is 2.51. The smallest absolute Gasteiger partial charge is 0.241 e. The van der Waals surface area contributed by atoms with Crippen LogP contribution in [0.5, 0.6) is 0 Å². The predicted molar refractivity (Wildman–Crippen MR) is 96.7 cm³/mol. The first-order valence-corrected chi connectivity index (χ1v) is 10.1. The molecule has 1 aliphatic heterocycles. The molecule has 0 amide bonds. The number of aliphatic hydroxyl groups is 1. The molecule has 0 spiro atoms. The Morgan fingerprint density at radius 3 is 2.33 bits per heavy atom. The van der Waals surface area contributed by atoms with E-state index in [0.29, 0.717) is 23.4 Å². The molecule has 24 heavy (non-hydrogen) atoms. The Bertz CT molecular complexity index is 664. The summed E-state index contributed by atoms with van der Waals surface area (Å²) < 4.78 is 27.8. The van der Waals surface area contributed by atoms with Crippen LogP contribution >= 0.6 is 0 Å². The molecule has 3 atom stereocenters. The number of sulfonamides is 1. The largest absolute Gasteiger partial charge is 0.390 e. The van der Waals surface area contributed by atoms with Crippen LogP contribution in [-0.4, -0.2) is 50.2 Å². The molecule has 0 saturated carbocycles. The number of hydrogen-bond donors (Lipinski definition) is 2. The highest BCUT2D eigenvalue weighted by atomic mass is 32.2. The summed E-state index contributed by atoms with van der Waals surface area (Å²) in [5.74, 6) is 0.627. The van der Waals surface area contributed by atoms with Crippen molar-refractivity contribution >= 4 is 10.0 Å². The molecule has 1 aromatic rings. The molecular weight excluding hydrogens is 324 g/mol. The number of hydrogen-bond acceptors (Lipinski definition) is 4. The minimum atomic E-state index is -3.62. The van der Waals surface area contributed by atoms with Crippen LogP contribution in [0.1, 0.15) is 37.0 Å². The number of nitrogens with zero attached hydrogens (tertiary/aromatic N) is 1. The minimum absolute atomic E-state index is 0.0344. The van der Waals surface area contributed by atoms with Gasteiger partial charge in [-0.1, -0.05) is 24.6 Å². The van der Waals surface area contributed by atoms with E-state index in [4.69, 9.17) is 0 Å². The average Bonchev–Trinajstić information content (AvgIpc) is 2.73. The molecule has 136 valence electrons. The summed E-state index contributed by atoms with van der Waals surface area (Å²) in [6.45, 7) is 11.4. The van der Waals surface area contributed by atoms with Gasteiger partial charge in [0.05, 0.1) is 11.0 Å². The number of likely N-dealkylation sites (tertiary alicyclic amines) is 1. The van der Waals surface area contributed by atoms with Crippen LogP contribution < -0.4 is 4.72 Å². The minimum Gasteiger partial charge on any atom is -0.390 e. The van der Waals surface area contributed by atoms with Crippen molar-refractivity contribution in [1.29, 1.82) is 0 Å².